The molecule has 5 heteroatoms. The van der Waals surface area contributed by atoms with E-state index >= 15 is 0 Å². The summed E-state index contributed by atoms with van der Waals surface area (Å²) < 4.78 is 2.07. The lowest BCUT2D eigenvalue weighted by atomic mass is 10.3. The summed E-state index contributed by atoms with van der Waals surface area (Å²) in [6.07, 6.45) is 0. The minimum Gasteiger partial charge on any atom is -1.00 e. The van der Waals surface area contributed by atoms with Gasteiger partial charge in [-0.25, -0.2) is 5.43 Å². The van der Waals surface area contributed by atoms with Gasteiger partial charge >= 0.3 is 0 Å². The number of hydrogen-bond acceptors (Lipinski definition) is 1. The van der Waals surface area contributed by atoms with Crippen LogP contribution >= 0.6 is 31.9 Å². The van der Waals surface area contributed by atoms with E-state index in [-0.39, 0.29) is 12.4 Å². The Morgan fingerprint density at radius 3 is 2.36 bits per heavy atom. The highest BCUT2D eigenvalue weighted by Gasteiger charge is 1.97. The van der Waals surface area contributed by atoms with Crippen LogP contribution in [0.5, 0.6) is 0 Å². The summed E-state index contributed by atoms with van der Waals surface area (Å²) in [7, 11) is 0. The van der Waals surface area contributed by atoms with Crippen LogP contribution in [0.3, 0.4) is 0 Å². The van der Waals surface area contributed by atoms with E-state index in [9.17, 15) is 0 Å². The summed E-state index contributed by atoms with van der Waals surface area (Å²) in [4.78, 5) is 0. The van der Waals surface area contributed by atoms with Crippen LogP contribution < -0.4 is 23.7 Å². The zero-order valence-electron chi connectivity index (χ0n) is 5.57. The first-order valence-electron chi connectivity index (χ1n) is 2.72. The highest BCUT2D eigenvalue weighted by atomic mass is 79.9. The molecule has 0 aliphatic rings. The Labute approximate surface area is 88.2 Å². The number of rotatable bonds is 1. The van der Waals surface area contributed by atoms with E-state index < -0.39 is 0 Å². The van der Waals surface area contributed by atoms with Crippen molar-refractivity contribution in [2.24, 2.45) is 0 Å². The number of benzene rings is 1. The van der Waals surface area contributed by atoms with Gasteiger partial charge in [-0.05, 0) is 34.1 Å². The third-order valence-corrected chi connectivity index (χ3v) is 2.27. The van der Waals surface area contributed by atoms with Crippen LogP contribution in [0.25, 0.3) is 0 Å². The molecule has 0 aliphatic carbocycles. The molecule has 1 aromatic rings. The van der Waals surface area contributed by atoms with Crippen molar-refractivity contribution in [2.75, 3.05) is 5.43 Å². The molecular formula is C6H7Br2ClN2. The summed E-state index contributed by atoms with van der Waals surface area (Å²) in [5.74, 6) is 3.55. The first-order chi connectivity index (χ1) is 4.74. The minimum atomic E-state index is 0. The van der Waals surface area contributed by atoms with E-state index in [1.54, 1.807) is 0 Å². The quantitative estimate of drug-likeness (QED) is 0.628. The molecule has 0 amide bonds. The van der Waals surface area contributed by atoms with Crippen LogP contribution in [-0.4, -0.2) is 0 Å². The van der Waals surface area contributed by atoms with Crippen molar-refractivity contribution in [1.82, 2.24) is 0 Å². The van der Waals surface area contributed by atoms with Gasteiger partial charge in [0, 0.05) is 8.95 Å². The summed E-state index contributed by atoms with van der Waals surface area (Å²) >= 11 is 6.72. The van der Waals surface area contributed by atoms with Crippen LogP contribution in [0.2, 0.25) is 0 Å². The Morgan fingerprint density at radius 1 is 1.27 bits per heavy atom. The molecule has 0 atom stereocenters. The van der Waals surface area contributed by atoms with Crippen molar-refractivity contribution in [3.05, 3.63) is 27.1 Å². The third kappa shape index (κ3) is 2.99. The van der Waals surface area contributed by atoms with E-state index in [1.807, 2.05) is 18.2 Å². The molecule has 1 rings (SSSR count). The molecule has 0 unspecified atom stereocenters. The lowest BCUT2D eigenvalue weighted by Gasteiger charge is -1.99. The maximum absolute atomic E-state index is 3.55. The molecule has 0 radical (unpaired) electrons. The molecule has 62 valence electrons. The highest BCUT2D eigenvalue weighted by molar-refractivity contribution is 9.11. The molecule has 0 heterocycles. The van der Waals surface area contributed by atoms with Crippen molar-refractivity contribution in [1.29, 1.82) is 0 Å². The zero-order valence-corrected chi connectivity index (χ0v) is 9.50. The van der Waals surface area contributed by atoms with Gasteiger partial charge in [-0.1, -0.05) is 15.9 Å². The molecule has 0 spiro atoms. The topological polar surface area (TPSA) is 39.7 Å². The molecule has 0 fully saturated rings. The van der Waals surface area contributed by atoms with Crippen molar-refractivity contribution in [2.45, 2.75) is 0 Å². The summed E-state index contributed by atoms with van der Waals surface area (Å²) in [6, 6.07) is 5.87. The fraction of sp³-hybridized carbons (Fsp3) is 0. The summed E-state index contributed by atoms with van der Waals surface area (Å²) in [6.45, 7) is 0. The van der Waals surface area contributed by atoms with Crippen molar-refractivity contribution >= 4 is 37.5 Å². The summed E-state index contributed by atoms with van der Waals surface area (Å²) in [5, 5.41) is 0. The SMILES string of the molecule is [Cl-].[NH3+]Nc1ccc(Br)cc1Br. The first-order valence-corrected chi connectivity index (χ1v) is 4.31. The fourth-order valence-electron chi connectivity index (χ4n) is 0.633. The van der Waals surface area contributed by atoms with Crippen LogP contribution in [0.15, 0.2) is 27.1 Å². The second kappa shape index (κ2) is 4.98. The Bertz CT molecular complexity index is 242. The van der Waals surface area contributed by atoms with E-state index in [1.165, 1.54) is 0 Å². The number of hydrogen-bond donors (Lipinski definition) is 2. The average molecular weight is 302 g/mol. The molecule has 0 saturated carbocycles. The molecule has 1 aromatic carbocycles. The van der Waals surface area contributed by atoms with Crippen LogP contribution in [-0.2, 0) is 0 Å². The van der Waals surface area contributed by atoms with Gasteiger partial charge < -0.3 is 12.4 Å². The second-order valence-electron chi connectivity index (χ2n) is 1.80. The van der Waals surface area contributed by atoms with Gasteiger partial charge in [0.05, 0.1) is 5.69 Å². The maximum atomic E-state index is 3.55. The first kappa shape index (κ1) is 11.2. The van der Waals surface area contributed by atoms with E-state index in [2.05, 4.69) is 43.1 Å². The average Bonchev–Trinajstić information content (AvgIpc) is 1.88. The minimum absolute atomic E-state index is 0. The van der Waals surface area contributed by atoms with Crippen molar-refractivity contribution < 1.29 is 18.2 Å². The van der Waals surface area contributed by atoms with Crippen molar-refractivity contribution in [3.63, 3.8) is 0 Å². The summed E-state index contributed by atoms with van der Waals surface area (Å²) in [5.41, 5.74) is 3.79. The normalized spacial score (nSPS) is 8.64. The molecule has 2 nitrogen and oxygen atoms in total. The van der Waals surface area contributed by atoms with Gasteiger partial charge in [0.1, 0.15) is 0 Å². The lowest BCUT2D eigenvalue weighted by Crippen LogP contribution is -3.00. The third-order valence-electron chi connectivity index (χ3n) is 1.12. The van der Waals surface area contributed by atoms with E-state index in [0.717, 1.165) is 14.6 Å². The van der Waals surface area contributed by atoms with Crippen LogP contribution in [0.4, 0.5) is 5.69 Å². The highest BCUT2D eigenvalue weighted by Crippen LogP contribution is 2.24. The van der Waals surface area contributed by atoms with Crippen LogP contribution in [0, 0.1) is 0 Å². The van der Waals surface area contributed by atoms with Gasteiger partial charge in [-0.2, -0.15) is 0 Å². The zero-order chi connectivity index (χ0) is 7.56. The Balaban J connectivity index is 0.000001000. The number of anilines is 1. The monoisotopic (exact) mass is 300 g/mol. The largest absolute Gasteiger partial charge is 1.00 e. The Morgan fingerprint density at radius 2 is 1.91 bits per heavy atom. The van der Waals surface area contributed by atoms with E-state index in [4.69, 9.17) is 0 Å². The van der Waals surface area contributed by atoms with Gasteiger partial charge in [-0.15, -0.1) is 0 Å². The van der Waals surface area contributed by atoms with Gasteiger partial charge in [-0.3, -0.25) is 5.84 Å². The molecular weight excluding hydrogens is 295 g/mol. The fourth-order valence-corrected chi connectivity index (χ4v) is 1.82. The molecule has 4 N–H and O–H groups in total. The number of quaternary nitrogens is 1. The van der Waals surface area contributed by atoms with Gasteiger partial charge in [0.15, 0.2) is 0 Å². The van der Waals surface area contributed by atoms with Gasteiger partial charge in [0.2, 0.25) is 0 Å². The number of halogens is 3. The standard InChI is InChI=1S/C6H6Br2N2.ClH/c7-4-1-2-6(10-9)5(8)3-4;/h1-3,10H,9H2;1H. The maximum Gasteiger partial charge on any atom is 0.0990 e. The molecule has 0 aromatic heterocycles. The van der Waals surface area contributed by atoms with Crippen molar-refractivity contribution in [3.8, 4) is 0 Å². The Hall–Kier alpha value is 0.230. The molecule has 0 saturated heterocycles. The Kier molecular flexibility index (Phi) is 5.08. The smallest absolute Gasteiger partial charge is 0.0990 e. The molecule has 0 bridgehead atoms. The van der Waals surface area contributed by atoms with Crippen LogP contribution in [0.1, 0.15) is 0 Å². The predicted molar refractivity (Wildman–Crippen MR) is 48.4 cm³/mol. The predicted octanol–water partition coefficient (Wildman–Crippen LogP) is -1.22. The lowest BCUT2D eigenvalue weighted by molar-refractivity contribution is -0.325. The second-order valence-corrected chi connectivity index (χ2v) is 3.57. The molecule has 0 aliphatic heterocycles. The molecule has 11 heavy (non-hydrogen) atoms. The van der Waals surface area contributed by atoms with E-state index in [0.29, 0.717) is 0 Å². The number of nitrogens with one attached hydrogen (secondary N) is 1. The van der Waals surface area contributed by atoms with Gasteiger partial charge in [0.25, 0.3) is 0 Å².